The molecule has 4 atom stereocenters. The molecule has 1 aromatic carbocycles. The molecule has 1 saturated carbocycles. The monoisotopic (exact) mass is 352 g/mol. The number of anilines is 3. The van der Waals surface area contributed by atoms with Crippen LogP contribution in [0.25, 0.3) is 0 Å². The second kappa shape index (κ2) is 7.26. The van der Waals surface area contributed by atoms with Crippen LogP contribution in [0.15, 0.2) is 18.3 Å². The van der Waals surface area contributed by atoms with Crippen molar-refractivity contribution in [1.82, 2.24) is 9.97 Å². The third-order valence-electron chi connectivity index (χ3n) is 6.59. The Morgan fingerprint density at radius 2 is 1.65 bits per heavy atom. The zero-order chi connectivity index (χ0) is 19.0. The Hall–Kier alpha value is -2.10. The van der Waals surface area contributed by atoms with Crippen molar-refractivity contribution in [2.24, 2.45) is 17.8 Å². The van der Waals surface area contributed by atoms with E-state index in [0.29, 0.717) is 17.9 Å². The second-order valence-corrected chi connectivity index (χ2v) is 8.21. The lowest BCUT2D eigenvalue weighted by Gasteiger charge is -2.21. The molecule has 0 amide bonds. The SMILES string of the molecule is Cc1cnc(Nc2ccc(C)c(C)c2C)nc1NC1CC(C)C(C)C1C. The number of nitrogens with one attached hydrogen (secondary N) is 2. The average molecular weight is 353 g/mol. The maximum absolute atomic E-state index is 4.78. The van der Waals surface area contributed by atoms with Gasteiger partial charge in [0.1, 0.15) is 5.82 Å². The van der Waals surface area contributed by atoms with E-state index in [2.05, 4.69) is 76.2 Å². The predicted molar refractivity (Wildman–Crippen MR) is 110 cm³/mol. The van der Waals surface area contributed by atoms with Crippen LogP contribution in [0.3, 0.4) is 0 Å². The van der Waals surface area contributed by atoms with Gasteiger partial charge in [-0.05, 0) is 74.6 Å². The molecule has 4 unspecified atom stereocenters. The van der Waals surface area contributed by atoms with E-state index in [-0.39, 0.29) is 0 Å². The van der Waals surface area contributed by atoms with Gasteiger partial charge in [0.2, 0.25) is 5.95 Å². The summed E-state index contributed by atoms with van der Waals surface area (Å²) in [5.74, 6) is 3.74. The molecule has 4 heteroatoms. The molecule has 1 fully saturated rings. The van der Waals surface area contributed by atoms with Crippen molar-refractivity contribution >= 4 is 17.5 Å². The molecule has 1 heterocycles. The van der Waals surface area contributed by atoms with Crippen molar-refractivity contribution in [2.45, 2.75) is 60.9 Å². The average Bonchev–Trinajstić information content (AvgIpc) is 2.85. The van der Waals surface area contributed by atoms with Crippen molar-refractivity contribution in [3.8, 4) is 0 Å². The van der Waals surface area contributed by atoms with E-state index in [4.69, 9.17) is 4.98 Å². The van der Waals surface area contributed by atoms with Gasteiger partial charge >= 0.3 is 0 Å². The standard InChI is InChI=1S/C22H32N4/c1-12-8-9-19(17(6)15(12)4)25-22-23-11-14(3)21(26-22)24-20-10-13(2)16(5)18(20)7/h8-9,11,13,16,18,20H,10H2,1-7H3,(H2,23,24,25,26). The Balaban J connectivity index is 1.81. The van der Waals surface area contributed by atoms with E-state index in [1.165, 1.54) is 23.1 Å². The van der Waals surface area contributed by atoms with Crippen LogP contribution in [0.5, 0.6) is 0 Å². The topological polar surface area (TPSA) is 49.8 Å². The Labute approximate surface area is 157 Å². The van der Waals surface area contributed by atoms with Gasteiger partial charge in [-0.1, -0.05) is 26.8 Å². The molecule has 0 spiro atoms. The van der Waals surface area contributed by atoms with Gasteiger partial charge in [0.15, 0.2) is 0 Å². The minimum absolute atomic E-state index is 0.477. The summed E-state index contributed by atoms with van der Waals surface area (Å²) in [6, 6.07) is 4.72. The molecule has 26 heavy (non-hydrogen) atoms. The summed E-state index contributed by atoms with van der Waals surface area (Å²) in [7, 11) is 0. The molecule has 2 aromatic rings. The molecular formula is C22H32N4. The van der Waals surface area contributed by atoms with Gasteiger partial charge in [-0.25, -0.2) is 4.98 Å². The summed E-state index contributed by atoms with van der Waals surface area (Å²) < 4.78 is 0. The van der Waals surface area contributed by atoms with Gasteiger partial charge in [0, 0.05) is 23.5 Å². The van der Waals surface area contributed by atoms with Crippen LogP contribution in [-0.2, 0) is 0 Å². The van der Waals surface area contributed by atoms with Crippen LogP contribution in [-0.4, -0.2) is 16.0 Å². The lowest BCUT2D eigenvalue weighted by atomic mass is 9.93. The normalized spacial score (nSPS) is 25.3. The third-order valence-corrected chi connectivity index (χ3v) is 6.59. The highest BCUT2D eigenvalue weighted by Gasteiger charge is 2.35. The highest BCUT2D eigenvalue weighted by Crippen LogP contribution is 2.38. The summed E-state index contributed by atoms with van der Waals surface area (Å²) in [6.45, 7) is 15.6. The number of rotatable bonds is 4. The summed E-state index contributed by atoms with van der Waals surface area (Å²) in [5, 5.41) is 7.09. The fraction of sp³-hybridized carbons (Fsp3) is 0.545. The fourth-order valence-electron chi connectivity index (χ4n) is 3.94. The number of hydrogen-bond acceptors (Lipinski definition) is 4. The zero-order valence-corrected chi connectivity index (χ0v) is 17.1. The second-order valence-electron chi connectivity index (χ2n) is 8.21. The molecule has 1 aliphatic carbocycles. The zero-order valence-electron chi connectivity index (χ0n) is 17.1. The van der Waals surface area contributed by atoms with E-state index in [1.54, 1.807) is 0 Å². The number of aryl methyl sites for hydroxylation is 2. The smallest absolute Gasteiger partial charge is 0.229 e. The van der Waals surface area contributed by atoms with Gasteiger partial charge in [-0.15, -0.1) is 0 Å². The highest BCUT2D eigenvalue weighted by atomic mass is 15.2. The van der Waals surface area contributed by atoms with Crippen LogP contribution in [0.1, 0.15) is 49.4 Å². The number of benzene rings is 1. The van der Waals surface area contributed by atoms with Crippen LogP contribution < -0.4 is 10.6 Å². The number of hydrogen-bond donors (Lipinski definition) is 2. The first kappa shape index (κ1) is 18.7. The molecule has 1 aliphatic rings. The highest BCUT2D eigenvalue weighted by molar-refractivity contribution is 5.62. The van der Waals surface area contributed by atoms with E-state index < -0.39 is 0 Å². The molecular weight excluding hydrogens is 320 g/mol. The predicted octanol–water partition coefficient (Wildman–Crippen LogP) is 5.55. The van der Waals surface area contributed by atoms with E-state index in [9.17, 15) is 0 Å². The van der Waals surface area contributed by atoms with Crippen LogP contribution in [0.4, 0.5) is 17.5 Å². The lowest BCUT2D eigenvalue weighted by molar-refractivity contribution is 0.374. The van der Waals surface area contributed by atoms with E-state index >= 15 is 0 Å². The summed E-state index contributed by atoms with van der Waals surface area (Å²) in [5.41, 5.74) is 6.02. The van der Waals surface area contributed by atoms with Crippen molar-refractivity contribution < 1.29 is 0 Å². The fourth-order valence-corrected chi connectivity index (χ4v) is 3.94. The van der Waals surface area contributed by atoms with E-state index in [0.717, 1.165) is 28.9 Å². The molecule has 2 N–H and O–H groups in total. The van der Waals surface area contributed by atoms with Crippen LogP contribution >= 0.6 is 0 Å². The first-order valence-corrected chi connectivity index (χ1v) is 9.72. The molecule has 140 valence electrons. The molecule has 3 rings (SSSR count). The first-order chi connectivity index (χ1) is 12.3. The Morgan fingerprint density at radius 1 is 0.923 bits per heavy atom. The Bertz CT molecular complexity index is 799. The Morgan fingerprint density at radius 3 is 2.31 bits per heavy atom. The van der Waals surface area contributed by atoms with Gasteiger partial charge in [-0.2, -0.15) is 4.98 Å². The number of aromatic nitrogens is 2. The van der Waals surface area contributed by atoms with Crippen LogP contribution in [0, 0.1) is 45.4 Å². The van der Waals surface area contributed by atoms with Gasteiger partial charge in [-0.3, -0.25) is 0 Å². The number of nitrogens with zero attached hydrogens (tertiary/aromatic N) is 2. The molecule has 0 radical (unpaired) electrons. The van der Waals surface area contributed by atoms with E-state index in [1.807, 2.05) is 6.20 Å². The lowest BCUT2D eigenvalue weighted by Crippen LogP contribution is -2.25. The molecule has 0 bridgehead atoms. The first-order valence-electron chi connectivity index (χ1n) is 9.72. The maximum Gasteiger partial charge on any atom is 0.229 e. The molecule has 0 aliphatic heterocycles. The molecule has 1 aromatic heterocycles. The van der Waals surface area contributed by atoms with Gasteiger partial charge in [0.05, 0.1) is 0 Å². The third kappa shape index (κ3) is 3.55. The summed E-state index contributed by atoms with van der Waals surface area (Å²) >= 11 is 0. The van der Waals surface area contributed by atoms with Gasteiger partial charge in [0.25, 0.3) is 0 Å². The minimum Gasteiger partial charge on any atom is -0.367 e. The van der Waals surface area contributed by atoms with Crippen molar-refractivity contribution in [3.05, 3.63) is 40.6 Å². The summed E-state index contributed by atoms with van der Waals surface area (Å²) in [4.78, 5) is 9.26. The molecule has 4 nitrogen and oxygen atoms in total. The van der Waals surface area contributed by atoms with Crippen molar-refractivity contribution in [1.29, 1.82) is 0 Å². The summed E-state index contributed by atoms with van der Waals surface area (Å²) in [6.07, 6.45) is 3.10. The van der Waals surface area contributed by atoms with Gasteiger partial charge < -0.3 is 10.6 Å². The minimum atomic E-state index is 0.477. The Kier molecular flexibility index (Phi) is 5.22. The largest absolute Gasteiger partial charge is 0.367 e. The van der Waals surface area contributed by atoms with Crippen molar-refractivity contribution in [3.63, 3.8) is 0 Å². The van der Waals surface area contributed by atoms with Crippen molar-refractivity contribution in [2.75, 3.05) is 10.6 Å². The van der Waals surface area contributed by atoms with Crippen LogP contribution in [0.2, 0.25) is 0 Å². The maximum atomic E-state index is 4.78. The molecule has 0 saturated heterocycles. The quantitative estimate of drug-likeness (QED) is 0.758.